The van der Waals surface area contributed by atoms with Gasteiger partial charge in [0.15, 0.2) is 0 Å². The van der Waals surface area contributed by atoms with Crippen molar-refractivity contribution >= 4 is 45.6 Å². The van der Waals surface area contributed by atoms with Crippen molar-refractivity contribution in [2.75, 3.05) is 10.6 Å². The Morgan fingerprint density at radius 3 is 2.61 bits per heavy atom. The molecule has 1 aromatic heterocycles. The van der Waals surface area contributed by atoms with E-state index in [4.69, 9.17) is 11.6 Å². The third kappa shape index (κ3) is 3.80. The van der Waals surface area contributed by atoms with Crippen molar-refractivity contribution in [1.29, 1.82) is 0 Å². The SMILES string of the molecule is Cc1ccccc1C(=O)Nc1ccc2ncnc(Nc3cccc(Cl)c3)c2c1. The molecule has 1 heterocycles. The summed E-state index contributed by atoms with van der Waals surface area (Å²) in [7, 11) is 0. The van der Waals surface area contributed by atoms with Gasteiger partial charge < -0.3 is 10.6 Å². The fraction of sp³-hybridized carbons (Fsp3) is 0.0455. The molecule has 138 valence electrons. The Bertz CT molecular complexity index is 1180. The van der Waals surface area contributed by atoms with Gasteiger partial charge in [0.2, 0.25) is 0 Å². The van der Waals surface area contributed by atoms with Gasteiger partial charge in [-0.05, 0) is 55.0 Å². The van der Waals surface area contributed by atoms with Crippen molar-refractivity contribution in [2.45, 2.75) is 6.92 Å². The number of rotatable bonds is 4. The summed E-state index contributed by atoms with van der Waals surface area (Å²) in [4.78, 5) is 21.3. The van der Waals surface area contributed by atoms with Gasteiger partial charge in [-0.1, -0.05) is 35.9 Å². The molecule has 0 bridgehead atoms. The molecule has 0 aliphatic carbocycles. The zero-order chi connectivity index (χ0) is 19.5. The average molecular weight is 389 g/mol. The molecule has 5 nitrogen and oxygen atoms in total. The quantitative estimate of drug-likeness (QED) is 0.478. The first-order chi connectivity index (χ1) is 13.6. The van der Waals surface area contributed by atoms with Gasteiger partial charge in [-0.15, -0.1) is 0 Å². The van der Waals surface area contributed by atoms with E-state index >= 15 is 0 Å². The van der Waals surface area contributed by atoms with E-state index in [1.54, 1.807) is 6.07 Å². The number of aryl methyl sites for hydroxylation is 1. The van der Waals surface area contributed by atoms with E-state index in [0.717, 1.165) is 22.2 Å². The molecule has 0 aliphatic rings. The second-order valence-electron chi connectivity index (χ2n) is 6.36. The van der Waals surface area contributed by atoms with Crippen molar-refractivity contribution in [3.8, 4) is 0 Å². The normalized spacial score (nSPS) is 10.6. The van der Waals surface area contributed by atoms with E-state index in [2.05, 4.69) is 20.6 Å². The molecule has 0 atom stereocenters. The molecule has 1 amide bonds. The number of aromatic nitrogens is 2. The second-order valence-corrected chi connectivity index (χ2v) is 6.80. The Hall–Kier alpha value is -3.44. The monoisotopic (exact) mass is 388 g/mol. The first-order valence-corrected chi connectivity index (χ1v) is 9.12. The fourth-order valence-electron chi connectivity index (χ4n) is 2.96. The van der Waals surface area contributed by atoms with Crippen LogP contribution in [0.1, 0.15) is 15.9 Å². The van der Waals surface area contributed by atoms with Crippen molar-refractivity contribution in [3.63, 3.8) is 0 Å². The van der Waals surface area contributed by atoms with E-state index in [9.17, 15) is 4.79 Å². The van der Waals surface area contributed by atoms with Gasteiger partial charge in [-0.2, -0.15) is 0 Å². The summed E-state index contributed by atoms with van der Waals surface area (Å²) in [6.45, 7) is 1.91. The molecule has 0 radical (unpaired) electrons. The van der Waals surface area contributed by atoms with Crippen LogP contribution in [0, 0.1) is 6.92 Å². The zero-order valence-electron chi connectivity index (χ0n) is 15.1. The molecule has 3 aromatic carbocycles. The van der Waals surface area contributed by atoms with E-state index in [1.165, 1.54) is 6.33 Å². The van der Waals surface area contributed by atoms with Crippen molar-refractivity contribution in [3.05, 3.63) is 89.2 Å². The van der Waals surface area contributed by atoms with Crippen LogP contribution < -0.4 is 10.6 Å². The molecular weight excluding hydrogens is 372 g/mol. The van der Waals surface area contributed by atoms with Crippen LogP contribution in [0.5, 0.6) is 0 Å². The molecule has 4 aromatic rings. The van der Waals surface area contributed by atoms with Gasteiger partial charge in [0.05, 0.1) is 5.52 Å². The molecule has 2 N–H and O–H groups in total. The number of hydrogen-bond acceptors (Lipinski definition) is 4. The summed E-state index contributed by atoms with van der Waals surface area (Å²) in [5, 5.41) is 7.64. The topological polar surface area (TPSA) is 66.9 Å². The van der Waals surface area contributed by atoms with E-state index in [0.29, 0.717) is 22.1 Å². The number of anilines is 3. The molecule has 6 heteroatoms. The Kier molecular flexibility index (Phi) is 4.91. The number of halogens is 1. The standard InChI is InChI=1S/C22H17ClN4O/c1-14-5-2-3-8-18(14)22(28)27-17-9-10-20-19(12-17)21(25-13-24-20)26-16-7-4-6-15(23)11-16/h2-13H,1H3,(H,27,28)(H,24,25,26). The maximum atomic E-state index is 12.6. The van der Waals surface area contributed by atoms with Crippen LogP contribution in [0.3, 0.4) is 0 Å². The Morgan fingerprint density at radius 1 is 0.929 bits per heavy atom. The first kappa shape index (κ1) is 17.9. The molecule has 0 unspecified atom stereocenters. The number of carbonyl (C=O) groups is 1. The summed E-state index contributed by atoms with van der Waals surface area (Å²) in [5.41, 5.74) is 3.83. The highest BCUT2D eigenvalue weighted by atomic mass is 35.5. The highest BCUT2D eigenvalue weighted by Gasteiger charge is 2.11. The van der Waals surface area contributed by atoms with Crippen molar-refractivity contribution in [2.24, 2.45) is 0 Å². The molecule has 0 saturated heterocycles. The molecule has 0 saturated carbocycles. The third-order valence-corrected chi connectivity index (χ3v) is 4.61. The van der Waals surface area contributed by atoms with Crippen LogP contribution in [0.2, 0.25) is 5.02 Å². The minimum atomic E-state index is -0.154. The van der Waals surface area contributed by atoms with E-state index in [-0.39, 0.29) is 5.91 Å². The molecule has 28 heavy (non-hydrogen) atoms. The van der Waals surface area contributed by atoms with Gasteiger partial charge in [0.1, 0.15) is 12.1 Å². The van der Waals surface area contributed by atoms with E-state index in [1.807, 2.05) is 67.6 Å². The highest BCUT2D eigenvalue weighted by molar-refractivity contribution is 6.30. The van der Waals surface area contributed by atoms with Gasteiger partial charge in [-0.3, -0.25) is 4.79 Å². The summed E-state index contributed by atoms with van der Waals surface area (Å²) in [6.07, 6.45) is 1.50. The Balaban J connectivity index is 1.66. The van der Waals surface area contributed by atoms with E-state index < -0.39 is 0 Å². The number of amides is 1. The number of nitrogens with one attached hydrogen (secondary N) is 2. The lowest BCUT2D eigenvalue weighted by molar-refractivity contribution is 0.102. The first-order valence-electron chi connectivity index (χ1n) is 8.74. The van der Waals surface area contributed by atoms with Gasteiger partial charge in [0.25, 0.3) is 5.91 Å². The number of fused-ring (bicyclic) bond motifs is 1. The lowest BCUT2D eigenvalue weighted by Gasteiger charge is -2.11. The smallest absolute Gasteiger partial charge is 0.255 e. The number of benzene rings is 3. The second kappa shape index (κ2) is 7.66. The lowest BCUT2D eigenvalue weighted by atomic mass is 10.1. The van der Waals surface area contributed by atoms with Crippen molar-refractivity contribution in [1.82, 2.24) is 9.97 Å². The summed E-state index contributed by atoms with van der Waals surface area (Å²) < 4.78 is 0. The molecule has 0 spiro atoms. The highest BCUT2D eigenvalue weighted by Crippen LogP contribution is 2.27. The van der Waals surface area contributed by atoms with Crippen LogP contribution in [0.15, 0.2) is 73.1 Å². The van der Waals surface area contributed by atoms with Crippen LogP contribution in [0.25, 0.3) is 10.9 Å². The zero-order valence-corrected chi connectivity index (χ0v) is 15.9. The summed E-state index contributed by atoms with van der Waals surface area (Å²) in [5.74, 6) is 0.484. The van der Waals surface area contributed by atoms with Gasteiger partial charge in [-0.25, -0.2) is 9.97 Å². The molecule has 0 aliphatic heterocycles. The number of carbonyl (C=O) groups excluding carboxylic acids is 1. The molecule has 4 rings (SSSR count). The van der Waals surface area contributed by atoms with Crippen LogP contribution >= 0.6 is 11.6 Å². The van der Waals surface area contributed by atoms with Crippen LogP contribution in [-0.4, -0.2) is 15.9 Å². The third-order valence-electron chi connectivity index (χ3n) is 4.37. The predicted molar refractivity (Wildman–Crippen MR) is 113 cm³/mol. The molecule has 0 fully saturated rings. The van der Waals surface area contributed by atoms with Gasteiger partial charge >= 0.3 is 0 Å². The van der Waals surface area contributed by atoms with Crippen LogP contribution in [0.4, 0.5) is 17.2 Å². The number of nitrogens with zero attached hydrogens (tertiary/aromatic N) is 2. The summed E-state index contributed by atoms with van der Waals surface area (Å²) >= 11 is 6.06. The Morgan fingerprint density at radius 2 is 1.79 bits per heavy atom. The predicted octanol–water partition coefficient (Wildman–Crippen LogP) is 5.59. The minimum Gasteiger partial charge on any atom is -0.340 e. The minimum absolute atomic E-state index is 0.154. The lowest BCUT2D eigenvalue weighted by Crippen LogP contribution is -2.13. The van der Waals surface area contributed by atoms with Gasteiger partial charge in [0, 0.05) is 27.3 Å². The summed E-state index contributed by atoms with van der Waals surface area (Å²) in [6, 6.07) is 20.4. The van der Waals surface area contributed by atoms with Crippen molar-refractivity contribution < 1.29 is 4.79 Å². The average Bonchev–Trinajstić information content (AvgIpc) is 2.69. The maximum Gasteiger partial charge on any atom is 0.255 e. The van der Waals surface area contributed by atoms with Crippen LogP contribution in [-0.2, 0) is 0 Å². The Labute approximate surface area is 167 Å². The molecular formula is C22H17ClN4O. The largest absolute Gasteiger partial charge is 0.340 e. The fourth-order valence-corrected chi connectivity index (χ4v) is 3.15. The number of hydrogen-bond donors (Lipinski definition) is 2. The maximum absolute atomic E-state index is 12.6.